The van der Waals surface area contributed by atoms with E-state index in [0.717, 1.165) is 18.2 Å². The Kier molecular flexibility index (Phi) is 2.89. The van der Waals surface area contributed by atoms with Gasteiger partial charge in [0.2, 0.25) is 5.82 Å². The second-order valence-corrected chi connectivity index (χ2v) is 3.72. The van der Waals surface area contributed by atoms with Crippen LogP contribution in [0.3, 0.4) is 0 Å². The van der Waals surface area contributed by atoms with E-state index < -0.39 is 51.6 Å². The molecular weight excluding hydrogens is 265 g/mol. The van der Waals surface area contributed by atoms with Gasteiger partial charge in [-0.1, -0.05) is 0 Å². The van der Waals surface area contributed by atoms with Crippen LogP contribution in [0.4, 0.5) is 13.2 Å². The average Bonchev–Trinajstić information content (AvgIpc) is 2.38. The molecule has 0 radical (unpaired) electrons. The van der Waals surface area contributed by atoms with Gasteiger partial charge in [0.1, 0.15) is 11.5 Å². The van der Waals surface area contributed by atoms with E-state index >= 15 is 0 Å². The maximum absolute atomic E-state index is 13.6. The number of phenolic OH excluding ortho intramolecular Hbond substituents is 4. The molecule has 0 bridgehead atoms. The molecule has 0 saturated heterocycles. The number of phenols is 4. The van der Waals surface area contributed by atoms with E-state index in [-0.39, 0.29) is 0 Å². The van der Waals surface area contributed by atoms with E-state index in [1.807, 2.05) is 0 Å². The molecule has 0 atom stereocenters. The molecule has 2 rings (SSSR count). The van der Waals surface area contributed by atoms with Crippen molar-refractivity contribution in [2.24, 2.45) is 0 Å². The zero-order valence-electron chi connectivity index (χ0n) is 9.15. The molecule has 0 fully saturated rings. The fraction of sp³-hybridized carbons (Fsp3) is 0. The Morgan fingerprint density at radius 1 is 0.737 bits per heavy atom. The minimum atomic E-state index is -2.01. The second-order valence-electron chi connectivity index (χ2n) is 3.72. The first-order valence-electron chi connectivity index (χ1n) is 4.95. The van der Waals surface area contributed by atoms with Crippen LogP contribution in [-0.4, -0.2) is 20.4 Å². The summed E-state index contributed by atoms with van der Waals surface area (Å²) in [6.45, 7) is 0. The van der Waals surface area contributed by atoms with Crippen LogP contribution in [0.2, 0.25) is 0 Å². The van der Waals surface area contributed by atoms with Crippen LogP contribution in [0.5, 0.6) is 23.0 Å². The Balaban J connectivity index is 2.87. The van der Waals surface area contributed by atoms with Gasteiger partial charge >= 0.3 is 0 Å². The van der Waals surface area contributed by atoms with E-state index in [1.165, 1.54) is 0 Å². The molecule has 0 amide bonds. The monoisotopic (exact) mass is 272 g/mol. The van der Waals surface area contributed by atoms with Gasteiger partial charge in [-0.3, -0.25) is 0 Å². The second kappa shape index (κ2) is 4.27. The summed E-state index contributed by atoms with van der Waals surface area (Å²) in [6.07, 6.45) is 0. The largest absolute Gasteiger partial charge is 0.508 e. The van der Waals surface area contributed by atoms with Crippen molar-refractivity contribution < 1.29 is 33.6 Å². The Morgan fingerprint density at radius 2 is 1.37 bits per heavy atom. The van der Waals surface area contributed by atoms with Crippen molar-refractivity contribution in [2.75, 3.05) is 0 Å². The van der Waals surface area contributed by atoms with Crippen LogP contribution in [0, 0.1) is 17.5 Å². The predicted molar refractivity (Wildman–Crippen MR) is 58.4 cm³/mol. The van der Waals surface area contributed by atoms with Crippen molar-refractivity contribution in [3.05, 3.63) is 35.7 Å². The molecule has 0 aliphatic carbocycles. The topological polar surface area (TPSA) is 80.9 Å². The Labute approximate surface area is 104 Å². The summed E-state index contributed by atoms with van der Waals surface area (Å²) in [5, 5.41) is 37.3. The van der Waals surface area contributed by atoms with Crippen molar-refractivity contribution in [1.82, 2.24) is 0 Å². The average molecular weight is 272 g/mol. The lowest BCUT2D eigenvalue weighted by molar-refractivity contribution is 0.351. The van der Waals surface area contributed by atoms with Gasteiger partial charge in [-0.05, 0) is 18.2 Å². The van der Waals surface area contributed by atoms with Crippen LogP contribution in [-0.2, 0) is 0 Å². The van der Waals surface area contributed by atoms with E-state index in [9.17, 15) is 28.5 Å². The zero-order valence-corrected chi connectivity index (χ0v) is 9.15. The van der Waals surface area contributed by atoms with Crippen LogP contribution >= 0.6 is 0 Å². The highest BCUT2D eigenvalue weighted by atomic mass is 19.2. The third-order valence-electron chi connectivity index (χ3n) is 2.52. The number of hydrogen-bond acceptors (Lipinski definition) is 4. The number of rotatable bonds is 1. The summed E-state index contributed by atoms with van der Waals surface area (Å²) < 4.78 is 39.8. The van der Waals surface area contributed by atoms with Crippen molar-refractivity contribution in [2.45, 2.75) is 0 Å². The maximum Gasteiger partial charge on any atom is 0.207 e. The summed E-state index contributed by atoms with van der Waals surface area (Å²) in [6, 6.07) is 2.85. The number of halogens is 3. The lowest BCUT2D eigenvalue weighted by atomic mass is 10.0. The van der Waals surface area contributed by atoms with Gasteiger partial charge in [-0.15, -0.1) is 0 Å². The molecule has 0 saturated carbocycles. The number of aromatic hydroxyl groups is 4. The van der Waals surface area contributed by atoms with Gasteiger partial charge in [0.05, 0.1) is 5.56 Å². The fourth-order valence-corrected chi connectivity index (χ4v) is 1.61. The third kappa shape index (κ3) is 1.88. The van der Waals surface area contributed by atoms with Crippen molar-refractivity contribution >= 4 is 0 Å². The minimum absolute atomic E-state index is 0.407. The number of benzene rings is 2. The van der Waals surface area contributed by atoms with Gasteiger partial charge in [0.25, 0.3) is 0 Å². The van der Waals surface area contributed by atoms with Crippen molar-refractivity contribution in [1.29, 1.82) is 0 Å². The van der Waals surface area contributed by atoms with Gasteiger partial charge in [-0.25, -0.2) is 8.78 Å². The van der Waals surface area contributed by atoms with E-state index in [2.05, 4.69) is 0 Å². The van der Waals surface area contributed by atoms with Crippen LogP contribution in [0.25, 0.3) is 11.1 Å². The Morgan fingerprint density at radius 3 is 2.00 bits per heavy atom. The van der Waals surface area contributed by atoms with Gasteiger partial charge < -0.3 is 20.4 Å². The molecule has 19 heavy (non-hydrogen) atoms. The lowest BCUT2D eigenvalue weighted by Crippen LogP contribution is -1.96. The Hall–Kier alpha value is -2.57. The van der Waals surface area contributed by atoms with Crippen LogP contribution < -0.4 is 0 Å². The molecule has 4 N–H and O–H groups in total. The Bertz CT molecular complexity index is 642. The molecule has 0 unspecified atom stereocenters. The molecular formula is C12H7F3O4. The highest BCUT2D eigenvalue weighted by Gasteiger charge is 2.27. The first-order chi connectivity index (χ1) is 8.84. The first-order valence-corrected chi connectivity index (χ1v) is 4.95. The molecule has 4 nitrogen and oxygen atoms in total. The van der Waals surface area contributed by atoms with E-state index in [0.29, 0.717) is 0 Å². The number of hydrogen-bond donors (Lipinski definition) is 4. The quantitative estimate of drug-likeness (QED) is 0.365. The molecule has 0 spiro atoms. The van der Waals surface area contributed by atoms with Gasteiger partial charge in [-0.2, -0.15) is 4.39 Å². The van der Waals surface area contributed by atoms with Crippen molar-refractivity contribution in [3.8, 4) is 34.1 Å². The van der Waals surface area contributed by atoms with Gasteiger partial charge in [0.15, 0.2) is 23.1 Å². The summed E-state index contributed by atoms with van der Waals surface area (Å²) in [4.78, 5) is 0. The molecule has 0 aromatic heterocycles. The molecule has 2 aromatic carbocycles. The van der Waals surface area contributed by atoms with E-state index in [4.69, 9.17) is 5.11 Å². The minimum Gasteiger partial charge on any atom is -0.508 e. The van der Waals surface area contributed by atoms with Crippen molar-refractivity contribution in [3.63, 3.8) is 0 Å². The maximum atomic E-state index is 13.6. The highest BCUT2D eigenvalue weighted by Crippen LogP contribution is 2.45. The highest BCUT2D eigenvalue weighted by molar-refractivity contribution is 5.79. The smallest absolute Gasteiger partial charge is 0.207 e. The summed E-state index contributed by atoms with van der Waals surface area (Å²) >= 11 is 0. The zero-order chi connectivity index (χ0) is 14.3. The summed E-state index contributed by atoms with van der Waals surface area (Å²) in [7, 11) is 0. The fourth-order valence-electron chi connectivity index (χ4n) is 1.61. The van der Waals surface area contributed by atoms with Crippen LogP contribution in [0.1, 0.15) is 0 Å². The third-order valence-corrected chi connectivity index (χ3v) is 2.52. The SMILES string of the molecule is Oc1ccc(O)c(-c2c(O)c(O)c(F)c(F)c2F)c1. The van der Waals surface area contributed by atoms with Gasteiger partial charge in [0, 0.05) is 5.56 Å². The lowest BCUT2D eigenvalue weighted by Gasteiger charge is -2.11. The normalized spacial score (nSPS) is 10.7. The van der Waals surface area contributed by atoms with Crippen LogP contribution in [0.15, 0.2) is 18.2 Å². The van der Waals surface area contributed by atoms with E-state index in [1.54, 1.807) is 0 Å². The summed E-state index contributed by atoms with van der Waals surface area (Å²) in [5.41, 5.74) is -1.45. The predicted octanol–water partition coefficient (Wildman–Crippen LogP) is 2.59. The molecule has 0 aliphatic heterocycles. The standard InChI is InChI=1S/C12H7F3O4/c13-8-7(5-3-4(16)1-2-6(5)17)11(18)12(19)10(15)9(8)14/h1-3,16-19H. The first kappa shape index (κ1) is 12.9. The molecule has 7 heteroatoms. The summed E-state index contributed by atoms with van der Waals surface area (Å²) in [5.74, 6) is -9.53. The molecule has 0 aliphatic rings. The molecule has 2 aromatic rings. The molecule has 100 valence electrons. The molecule has 0 heterocycles.